The summed E-state index contributed by atoms with van der Waals surface area (Å²) >= 11 is 0. The molecule has 0 saturated carbocycles. The van der Waals surface area contributed by atoms with Crippen LogP contribution in [0.1, 0.15) is 22.3 Å². The first kappa shape index (κ1) is 45.4. The third-order valence-corrected chi connectivity index (χ3v) is 26.8. The summed E-state index contributed by atoms with van der Waals surface area (Å²) in [5.41, 5.74) is 18.3. The molecule has 75 heavy (non-hydrogen) atoms. The van der Waals surface area contributed by atoms with Crippen molar-refractivity contribution in [2.75, 3.05) is 9.80 Å². The van der Waals surface area contributed by atoms with Crippen LogP contribution in [0.15, 0.2) is 215 Å². The number of hydrogen-bond donors (Lipinski definition) is 0. The van der Waals surface area contributed by atoms with E-state index in [0.29, 0.717) is 0 Å². The van der Waals surface area contributed by atoms with Crippen LogP contribution in [0.25, 0.3) is 87.3 Å². The largest absolute Gasteiger partial charge is 0.454 e. The van der Waals surface area contributed by atoms with E-state index in [4.69, 9.17) is 8.83 Å². The molecule has 0 radical (unpaired) electrons. The van der Waals surface area contributed by atoms with Crippen LogP contribution in [-0.2, 0) is 4.66 Å². The normalized spacial score (nSPS) is 13.4. The average Bonchev–Trinajstić information content (AvgIpc) is 4.25. The predicted molar refractivity (Wildman–Crippen MR) is 325 cm³/mol. The van der Waals surface area contributed by atoms with Crippen molar-refractivity contribution < 1.29 is 8.83 Å². The highest BCUT2D eigenvalue weighted by Crippen LogP contribution is 2.65. The Hall–Kier alpha value is -8.17. The van der Waals surface area contributed by atoms with Crippen molar-refractivity contribution >= 4 is 126 Å². The molecule has 2 aromatic heterocycles. The zero-order valence-corrected chi connectivity index (χ0v) is 45.8. The number of anilines is 6. The third kappa shape index (κ3) is 6.39. The number of benzene rings is 11. The SMILES string of the molecule is Cc1ccccc1N(c1ccc2c3c(c4ccccc4c2c1)-c1c(cc(N(c2ccccc2C)c2cccc4c2oc2ccccc24)c2ccccc12)C3([Si](C)(C)C)[Si](C)(C)C)c1cccc2c1oc1ccccc12. The van der Waals surface area contributed by atoms with Crippen LogP contribution in [0, 0.1) is 13.8 Å². The van der Waals surface area contributed by atoms with Crippen LogP contribution in [0.3, 0.4) is 0 Å². The summed E-state index contributed by atoms with van der Waals surface area (Å²) in [4.78, 5) is 4.96. The standard InChI is InChI=1S/C69H58N2O2Si2/c1-43-23-9-17-33-57(43)70(59-35-21-31-53-48-27-15-19-37-62(48)72-67(53)59)45-39-40-52-55(41-45)46-25-11-13-29-50(46)65-64-51-30-14-12-26-47(51)61(42-56(64)69(66(52)65,74(3,4)5)75(6,7)8)71(58-34-18-10-24-44(58)2)60-36-22-32-54-49-28-16-20-38-63(49)73-68(54)60/h9-42H,1-8H3. The van der Waals surface area contributed by atoms with Crippen molar-refractivity contribution in [2.45, 2.75) is 57.8 Å². The molecule has 0 saturated heterocycles. The molecule has 14 rings (SSSR count). The van der Waals surface area contributed by atoms with E-state index in [-0.39, 0.29) is 4.66 Å². The molecule has 2 heterocycles. The third-order valence-electron chi connectivity index (χ3n) is 16.8. The predicted octanol–water partition coefficient (Wildman–Crippen LogP) is 20.5. The van der Waals surface area contributed by atoms with Crippen LogP contribution in [0.2, 0.25) is 39.3 Å². The molecule has 13 aromatic rings. The van der Waals surface area contributed by atoms with E-state index in [1.54, 1.807) is 0 Å². The molecule has 4 nitrogen and oxygen atoms in total. The second kappa shape index (κ2) is 16.4. The first-order valence-corrected chi connectivity index (χ1v) is 33.4. The van der Waals surface area contributed by atoms with Gasteiger partial charge in [0.1, 0.15) is 11.2 Å². The van der Waals surface area contributed by atoms with Gasteiger partial charge in [-0.05, 0) is 129 Å². The van der Waals surface area contributed by atoms with Crippen molar-refractivity contribution in [3.8, 4) is 11.1 Å². The van der Waals surface area contributed by atoms with Gasteiger partial charge in [-0.2, -0.15) is 0 Å². The zero-order chi connectivity index (χ0) is 51.1. The molecule has 0 fully saturated rings. The Morgan fingerprint density at radius 3 is 1.33 bits per heavy atom. The van der Waals surface area contributed by atoms with Crippen LogP contribution >= 0.6 is 0 Å². The van der Waals surface area contributed by atoms with E-state index < -0.39 is 16.1 Å². The second-order valence-electron chi connectivity index (χ2n) is 22.9. The minimum absolute atomic E-state index is 0.231. The lowest BCUT2D eigenvalue weighted by atomic mass is 9.89. The van der Waals surface area contributed by atoms with Gasteiger partial charge < -0.3 is 18.6 Å². The fourth-order valence-electron chi connectivity index (χ4n) is 14.1. The van der Waals surface area contributed by atoms with Gasteiger partial charge in [-0.25, -0.2) is 0 Å². The minimum atomic E-state index is -2.29. The summed E-state index contributed by atoms with van der Waals surface area (Å²) in [5.74, 6) is 0. The summed E-state index contributed by atoms with van der Waals surface area (Å²) in [7, 11) is -4.58. The Kier molecular flexibility index (Phi) is 9.95. The van der Waals surface area contributed by atoms with Gasteiger partial charge in [-0.15, -0.1) is 0 Å². The quantitative estimate of drug-likeness (QED) is 0.112. The highest BCUT2D eigenvalue weighted by molar-refractivity contribution is 7.00. The molecule has 0 unspecified atom stereocenters. The molecular formula is C69H58N2O2Si2. The van der Waals surface area contributed by atoms with Crippen LogP contribution in [-0.4, -0.2) is 16.1 Å². The number of nitrogens with zero attached hydrogens (tertiary/aromatic N) is 2. The molecule has 0 atom stereocenters. The molecule has 1 aliphatic carbocycles. The molecule has 0 bridgehead atoms. The highest BCUT2D eigenvalue weighted by Gasteiger charge is 2.60. The van der Waals surface area contributed by atoms with Crippen LogP contribution < -0.4 is 9.80 Å². The minimum Gasteiger partial charge on any atom is -0.454 e. The Labute approximate surface area is 440 Å². The number of para-hydroxylation sites is 6. The van der Waals surface area contributed by atoms with Gasteiger partial charge in [0.25, 0.3) is 0 Å². The number of aryl methyl sites for hydroxylation is 2. The maximum absolute atomic E-state index is 6.94. The maximum atomic E-state index is 6.94. The number of hydrogen-bond acceptors (Lipinski definition) is 4. The highest BCUT2D eigenvalue weighted by atomic mass is 28.4. The second-order valence-corrected chi connectivity index (χ2v) is 33.9. The van der Waals surface area contributed by atoms with Gasteiger partial charge >= 0.3 is 0 Å². The summed E-state index contributed by atoms with van der Waals surface area (Å²) in [6.45, 7) is 20.4. The van der Waals surface area contributed by atoms with Gasteiger partial charge in [0.05, 0.1) is 33.2 Å². The van der Waals surface area contributed by atoms with E-state index in [1.165, 1.54) is 71.4 Å². The maximum Gasteiger partial charge on any atom is 0.159 e. The fourth-order valence-corrected chi connectivity index (χ4v) is 27.2. The molecule has 0 N–H and O–H groups in total. The van der Waals surface area contributed by atoms with E-state index in [1.807, 2.05) is 0 Å². The van der Waals surface area contributed by atoms with Crippen molar-refractivity contribution in [3.05, 3.63) is 229 Å². The number of furan rings is 2. The summed E-state index contributed by atoms with van der Waals surface area (Å²) < 4.78 is 13.5. The number of fused-ring (bicyclic) bond motifs is 16. The van der Waals surface area contributed by atoms with Gasteiger partial charge in [-0.3, -0.25) is 0 Å². The molecule has 0 amide bonds. The van der Waals surface area contributed by atoms with Gasteiger partial charge in [0.15, 0.2) is 11.2 Å². The van der Waals surface area contributed by atoms with Crippen molar-refractivity contribution in [1.82, 2.24) is 0 Å². The average molecular weight is 1000 g/mol. The van der Waals surface area contributed by atoms with Gasteiger partial charge in [0.2, 0.25) is 0 Å². The smallest absolute Gasteiger partial charge is 0.159 e. The van der Waals surface area contributed by atoms with Crippen molar-refractivity contribution in [3.63, 3.8) is 0 Å². The van der Waals surface area contributed by atoms with Gasteiger partial charge in [0, 0.05) is 48.7 Å². The van der Waals surface area contributed by atoms with Crippen molar-refractivity contribution in [1.29, 1.82) is 0 Å². The first-order chi connectivity index (χ1) is 36.3. The van der Waals surface area contributed by atoms with E-state index >= 15 is 0 Å². The molecule has 6 heteroatoms. The zero-order valence-electron chi connectivity index (χ0n) is 43.8. The molecule has 364 valence electrons. The van der Waals surface area contributed by atoms with E-state index in [9.17, 15) is 0 Å². The molecular weight excluding hydrogens is 945 g/mol. The molecule has 11 aromatic carbocycles. The van der Waals surface area contributed by atoms with Gasteiger partial charge in [-0.1, -0.05) is 191 Å². The Morgan fingerprint density at radius 2 is 0.773 bits per heavy atom. The van der Waals surface area contributed by atoms with E-state index in [0.717, 1.165) is 72.3 Å². The Bertz CT molecular complexity index is 4500. The van der Waals surface area contributed by atoms with Crippen molar-refractivity contribution in [2.24, 2.45) is 0 Å². The lowest BCUT2D eigenvalue weighted by molar-refractivity contribution is 0.668. The topological polar surface area (TPSA) is 32.8 Å². The lowest BCUT2D eigenvalue weighted by Crippen LogP contribution is -2.63. The lowest BCUT2D eigenvalue weighted by Gasteiger charge is -2.52. The molecule has 0 aliphatic heterocycles. The first-order valence-electron chi connectivity index (χ1n) is 26.4. The number of rotatable bonds is 8. The van der Waals surface area contributed by atoms with E-state index in [2.05, 4.69) is 269 Å². The Balaban J connectivity index is 1.10. The Morgan fingerprint density at radius 1 is 0.333 bits per heavy atom. The van der Waals surface area contributed by atoms with Crippen LogP contribution in [0.5, 0.6) is 0 Å². The fraction of sp³-hybridized carbons (Fsp3) is 0.130. The monoisotopic (exact) mass is 1000 g/mol. The molecule has 0 spiro atoms. The van der Waals surface area contributed by atoms with Crippen LogP contribution in [0.4, 0.5) is 34.1 Å². The summed E-state index contributed by atoms with van der Waals surface area (Å²) in [5, 5.41) is 12.2. The summed E-state index contributed by atoms with van der Waals surface area (Å²) in [6.07, 6.45) is 0. The molecule has 1 aliphatic rings. The summed E-state index contributed by atoms with van der Waals surface area (Å²) in [6, 6.07) is 76.3.